The number of carbonyl (C=O) groups is 1. The normalized spacial score (nSPS) is 18.0. The van der Waals surface area contributed by atoms with Gasteiger partial charge in [-0.15, -0.1) is 0 Å². The van der Waals surface area contributed by atoms with Crippen molar-refractivity contribution in [3.63, 3.8) is 0 Å². The van der Waals surface area contributed by atoms with Crippen LogP contribution in [0.25, 0.3) is 6.08 Å². The summed E-state index contributed by atoms with van der Waals surface area (Å²) >= 11 is 0. The fourth-order valence-electron chi connectivity index (χ4n) is 4.38. The Morgan fingerprint density at radius 2 is 1.61 bits per heavy atom. The van der Waals surface area contributed by atoms with Crippen LogP contribution in [-0.2, 0) is 19.3 Å². The van der Waals surface area contributed by atoms with Gasteiger partial charge in [0.15, 0.2) is 0 Å². The number of nitrogens with zero attached hydrogens (tertiary/aromatic N) is 1. The van der Waals surface area contributed by atoms with Crippen LogP contribution in [0.4, 0.5) is 0 Å². The van der Waals surface area contributed by atoms with Crippen LogP contribution in [0.15, 0.2) is 78.9 Å². The Kier molecular flexibility index (Phi) is 6.34. The molecule has 0 aromatic heterocycles. The third kappa shape index (κ3) is 4.78. The lowest BCUT2D eigenvalue weighted by Gasteiger charge is -2.16. The van der Waals surface area contributed by atoms with E-state index in [4.69, 9.17) is 0 Å². The van der Waals surface area contributed by atoms with Gasteiger partial charge in [0, 0.05) is 19.7 Å². The van der Waals surface area contributed by atoms with E-state index in [2.05, 4.69) is 42.5 Å². The Morgan fingerprint density at radius 3 is 2.29 bits per heavy atom. The number of rotatable bonds is 3. The zero-order valence-corrected chi connectivity index (χ0v) is 18.2. The van der Waals surface area contributed by atoms with Gasteiger partial charge in [-0.25, -0.2) is 0 Å². The molecule has 0 radical (unpaired) electrons. The van der Waals surface area contributed by atoms with Crippen LogP contribution in [0.3, 0.4) is 0 Å². The van der Waals surface area contributed by atoms with E-state index in [0.717, 1.165) is 30.4 Å². The van der Waals surface area contributed by atoms with E-state index >= 15 is 0 Å². The molecular weight excluding hydrogens is 382 g/mol. The molecule has 0 saturated carbocycles. The van der Waals surface area contributed by atoms with Crippen LogP contribution in [0, 0.1) is 5.92 Å². The third-order valence-electron chi connectivity index (χ3n) is 6.10. The van der Waals surface area contributed by atoms with Gasteiger partial charge in [-0.2, -0.15) is 0 Å². The van der Waals surface area contributed by atoms with E-state index in [1.54, 1.807) is 19.0 Å². The number of aliphatic hydroxyl groups is 1. The minimum atomic E-state index is -0.390. The molecule has 31 heavy (non-hydrogen) atoms. The van der Waals surface area contributed by atoms with Gasteiger partial charge in [-0.3, -0.25) is 4.79 Å². The van der Waals surface area contributed by atoms with Crippen molar-refractivity contribution in [3.8, 4) is 0 Å². The van der Waals surface area contributed by atoms with Crippen molar-refractivity contribution in [1.29, 1.82) is 0 Å². The zero-order chi connectivity index (χ0) is 21.8. The maximum atomic E-state index is 11.9. The van der Waals surface area contributed by atoms with Crippen LogP contribution < -0.4 is 0 Å². The lowest BCUT2D eigenvalue weighted by molar-refractivity contribution is 0.0827. The lowest BCUT2D eigenvalue weighted by Crippen LogP contribution is -2.21. The number of hydrogen-bond donors (Lipinski definition) is 1. The Bertz CT molecular complexity index is 1080. The van der Waals surface area contributed by atoms with Crippen LogP contribution >= 0.6 is 0 Å². The number of hydrogen-bond acceptors (Lipinski definition) is 2. The Balaban J connectivity index is 0.000000212. The number of benzene rings is 3. The summed E-state index contributed by atoms with van der Waals surface area (Å²) in [5, 5.41) is 10.5. The van der Waals surface area contributed by atoms with Crippen LogP contribution in [-0.4, -0.2) is 30.0 Å². The molecule has 2 atom stereocenters. The molecule has 1 amide bonds. The summed E-state index contributed by atoms with van der Waals surface area (Å²) in [6.07, 6.45) is 6.84. The summed E-state index contributed by atoms with van der Waals surface area (Å²) in [5.41, 5.74) is 7.01. The maximum absolute atomic E-state index is 11.9. The first kappa shape index (κ1) is 21.1. The molecule has 3 aromatic rings. The second-order valence-electron chi connectivity index (χ2n) is 8.51. The van der Waals surface area contributed by atoms with E-state index in [-0.39, 0.29) is 17.9 Å². The van der Waals surface area contributed by atoms with Gasteiger partial charge in [0.1, 0.15) is 0 Å². The highest BCUT2D eigenvalue weighted by atomic mass is 16.3. The van der Waals surface area contributed by atoms with Crippen molar-refractivity contribution >= 4 is 12.0 Å². The van der Waals surface area contributed by atoms with Crippen molar-refractivity contribution in [2.75, 3.05) is 14.1 Å². The number of allylic oxidation sites excluding steroid dienone is 1. The van der Waals surface area contributed by atoms with E-state index in [1.165, 1.54) is 16.7 Å². The highest BCUT2D eigenvalue weighted by Gasteiger charge is 2.30. The van der Waals surface area contributed by atoms with Gasteiger partial charge < -0.3 is 10.0 Å². The summed E-state index contributed by atoms with van der Waals surface area (Å²) in [5.74, 6) is 0.229. The smallest absolute Gasteiger partial charge is 0.253 e. The van der Waals surface area contributed by atoms with Gasteiger partial charge in [-0.05, 0) is 65.1 Å². The minimum Gasteiger partial charge on any atom is -0.388 e. The summed E-state index contributed by atoms with van der Waals surface area (Å²) in [6, 6.07) is 24.3. The molecular formula is C28H29NO2. The van der Waals surface area contributed by atoms with Crippen LogP contribution in [0.1, 0.15) is 44.3 Å². The highest BCUT2D eigenvalue weighted by Crippen LogP contribution is 2.37. The van der Waals surface area contributed by atoms with Crippen molar-refractivity contribution in [3.05, 3.63) is 112 Å². The fraction of sp³-hybridized carbons (Fsp3) is 0.250. The molecule has 0 spiro atoms. The van der Waals surface area contributed by atoms with Gasteiger partial charge in [0.25, 0.3) is 5.91 Å². The first-order valence-corrected chi connectivity index (χ1v) is 10.8. The molecule has 3 aromatic carbocycles. The zero-order valence-electron chi connectivity index (χ0n) is 18.2. The summed E-state index contributed by atoms with van der Waals surface area (Å²) < 4.78 is 0. The molecule has 0 aliphatic heterocycles. The molecule has 1 N–H and O–H groups in total. The largest absolute Gasteiger partial charge is 0.388 e. The Hall–Kier alpha value is -3.17. The topological polar surface area (TPSA) is 40.5 Å². The third-order valence-corrected chi connectivity index (χ3v) is 6.10. The van der Waals surface area contributed by atoms with Crippen molar-refractivity contribution in [2.24, 2.45) is 5.92 Å². The summed E-state index contributed by atoms with van der Waals surface area (Å²) in [7, 11) is 3.50. The second kappa shape index (κ2) is 9.32. The van der Waals surface area contributed by atoms with E-state index in [0.29, 0.717) is 5.56 Å². The number of fused-ring (bicyclic) bond motifs is 2. The first-order chi connectivity index (χ1) is 15.0. The lowest BCUT2D eigenvalue weighted by atomic mass is 9.94. The fourth-order valence-corrected chi connectivity index (χ4v) is 4.38. The average molecular weight is 412 g/mol. The molecule has 0 heterocycles. The van der Waals surface area contributed by atoms with Crippen LogP contribution in [0.2, 0.25) is 0 Å². The van der Waals surface area contributed by atoms with Crippen molar-refractivity contribution in [1.82, 2.24) is 4.90 Å². The van der Waals surface area contributed by atoms with E-state index < -0.39 is 0 Å². The molecule has 0 saturated heterocycles. The quantitative estimate of drug-likeness (QED) is 0.652. The van der Waals surface area contributed by atoms with Gasteiger partial charge >= 0.3 is 0 Å². The highest BCUT2D eigenvalue weighted by molar-refractivity contribution is 5.93. The van der Waals surface area contributed by atoms with Gasteiger partial charge in [0.05, 0.1) is 6.10 Å². The molecule has 0 bridgehead atoms. The molecule has 3 nitrogen and oxygen atoms in total. The monoisotopic (exact) mass is 411 g/mol. The van der Waals surface area contributed by atoms with Crippen molar-refractivity contribution < 1.29 is 9.90 Å². The van der Waals surface area contributed by atoms with Gasteiger partial charge in [0.2, 0.25) is 0 Å². The maximum Gasteiger partial charge on any atom is 0.253 e. The molecule has 5 rings (SSSR count). The molecule has 2 unspecified atom stereocenters. The number of aliphatic hydroxyl groups excluding tert-OH is 1. The minimum absolute atomic E-state index is 0.0138. The molecule has 2 aliphatic carbocycles. The standard InChI is InChI=1S/C19H21NO2.C9H8/c1-20(2)19(22)14-9-7-13(8-10-14)11-16-12-15-5-3-4-6-17(15)18(16)21;1-2-5-9-7-3-6-8(9)4-1/h3-10,16,18,21H,11-12H2,1-2H3;1-6H,7H2. The summed E-state index contributed by atoms with van der Waals surface area (Å²) in [6.45, 7) is 0. The van der Waals surface area contributed by atoms with Crippen LogP contribution in [0.5, 0.6) is 0 Å². The summed E-state index contributed by atoms with van der Waals surface area (Å²) in [4.78, 5) is 13.5. The second-order valence-corrected chi connectivity index (χ2v) is 8.51. The molecule has 3 heteroatoms. The van der Waals surface area contributed by atoms with E-state index in [9.17, 15) is 9.90 Å². The predicted octanol–water partition coefficient (Wildman–Crippen LogP) is 5.09. The molecule has 2 aliphatic rings. The number of amides is 1. The van der Waals surface area contributed by atoms with Crippen molar-refractivity contribution in [2.45, 2.75) is 25.4 Å². The molecule has 0 fully saturated rings. The molecule has 158 valence electrons. The van der Waals surface area contributed by atoms with Gasteiger partial charge in [-0.1, -0.05) is 72.8 Å². The predicted molar refractivity (Wildman–Crippen MR) is 126 cm³/mol. The average Bonchev–Trinajstić information content (AvgIpc) is 3.39. The first-order valence-electron chi connectivity index (χ1n) is 10.8. The SMILES string of the molecule is C1=Cc2ccccc2C1.CN(C)C(=O)c1ccc(CC2Cc3ccccc3C2O)cc1. The Morgan fingerprint density at radius 1 is 0.935 bits per heavy atom. The Labute approximate surface area is 184 Å². The number of carbonyl (C=O) groups excluding carboxylic acids is 1. The van der Waals surface area contributed by atoms with E-state index in [1.807, 2.05) is 42.5 Å².